The highest BCUT2D eigenvalue weighted by Crippen LogP contribution is 2.27. The van der Waals surface area contributed by atoms with Crippen LogP contribution in [0.15, 0.2) is 6.07 Å². The van der Waals surface area contributed by atoms with Gasteiger partial charge in [-0.3, -0.25) is 4.79 Å². The molecule has 3 heterocycles. The van der Waals surface area contributed by atoms with Crippen molar-refractivity contribution in [3.63, 3.8) is 0 Å². The maximum absolute atomic E-state index is 12.2. The molecule has 1 aromatic rings. The van der Waals surface area contributed by atoms with Crippen LogP contribution in [0.2, 0.25) is 0 Å². The van der Waals surface area contributed by atoms with Gasteiger partial charge in [0.25, 0.3) is 5.91 Å². The van der Waals surface area contributed by atoms with Gasteiger partial charge in [0.2, 0.25) is 0 Å². The molecular weight excluding hydrogens is 200 g/mol. The number of carbonyl (C=O) groups is 1. The van der Waals surface area contributed by atoms with Crippen LogP contribution >= 0.6 is 0 Å². The highest BCUT2D eigenvalue weighted by atomic mass is 16.2. The van der Waals surface area contributed by atoms with E-state index >= 15 is 0 Å². The Kier molecular flexibility index (Phi) is 2.27. The summed E-state index contributed by atoms with van der Waals surface area (Å²) in [6, 6.07) is 2.14. The van der Waals surface area contributed by atoms with Gasteiger partial charge >= 0.3 is 0 Å². The minimum Gasteiger partial charge on any atom is -0.348 e. The Morgan fingerprint density at radius 3 is 2.94 bits per heavy atom. The third kappa shape index (κ3) is 1.30. The molecule has 2 aliphatic heterocycles. The van der Waals surface area contributed by atoms with E-state index in [1.54, 1.807) is 0 Å². The van der Waals surface area contributed by atoms with Crippen molar-refractivity contribution in [3.05, 3.63) is 23.0 Å². The Labute approximate surface area is 96.0 Å². The Balaban J connectivity index is 2.05. The number of nitrogens with zero attached hydrogens (tertiary/aromatic N) is 2. The Morgan fingerprint density at radius 1 is 1.25 bits per heavy atom. The molecule has 0 aromatic carbocycles. The van der Waals surface area contributed by atoms with Gasteiger partial charge in [-0.2, -0.15) is 0 Å². The van der Waals surface area contributed by atoms with Crippen LogP contribution in [0.3, 0.4) is 0 Å². The van der Waals surface area contributed by atoms with Crippen LogP contribution in [0.5, 0.6) is 0 Å². The van der Waals surface area contributed by atoms with E-state index in [9.17, 15) is 4.79 Å². The van der Waals surface area contributed by atoms with E-state index in [1.165, 1.54) is 24.2 Å². The van der Waals surface area contributed by atoms with Crippen LogP contribution in [0.1, 0.15) is 41.5 Å². The quantitative estimate of drug-likeness (QED) is 0.706. The minimum absolute atomic E-state index is 0.241. The first-order valence-corrected chi connectivity index (χ1v) is 6.32. The lowest BCUT2D eigenvalue weighted by Gasteiger charge is -2.27. The van der Waals surface area contributed by atoms with Gasteiger partial charge in [-0.1, -0.05) is 0 Å². The predicted octanol–water partition coefficient (Wildman–Crippen LogP) is 1.84. The molecule has 3 rings (SSSR count). The van der Waals surface area contributed by atoms with Crippen molar-refractivity contribution in [2.24, 2.45) is 0 Å². The molecule has 0 N–H and O–H groups in total. The zero-order valence-electron chi connectivity index (χ0n) is 9.83. The first kappa shape index (κ1) is 9.94. The lowest BCUT2D eigenvalue weighted by molar-refractivity contribution is 0.0747. The number of amides is 1. The summed E-state index contributed by atoms with van der Waals surface area (Å²) in [5.41, 5.74) is 3.65. The zero-order valence-corrected chi connectivity index (χ0v) is 9.83. The molecule has 0 atom stereocenters. The average Bonchev–Trinajstić information content (AvgIpc) is 2.69. The van der Waals surface area contributed by atoms with Gasteiger partial charge in [-0.25, -0.2) is 0 Å². The first-order valence-electron chi connectivity index (χ1n) is 6.32. The average molecular weight is 218 g/mol. The number of fused-ring (bicyclic) bond motifs is 3. The zero-order chi connectivity index (χ0) is 11.1. The molecule has 0 spiro atoms. The third-order valence-corrected chi connectivity index (χ3v) is 3.88. The Morgan fingerprint density at radius 2 is 2.12 bits per heavy atom. The fourth-order valence-corrected chi connectivity index (χ4v) is 2.98. The van der Waals surface area contributed by atoms with Crippen molar-refractivity contribution in [1.82, 2.24) is 9.47 Å². The Bertz CT molecular complexity index is 433. The van der Waals surface area contributed by atoms with E-state index in [1.807, 2.05) is 4.90 Å². The smallest absolute Gasteiger partial charge is 0.255 e. The fourth-order valence-electron chi connectivity index (χ4n) is 2.98. The molecule has 0 saturated heterocycles. The molecule has 2 aliphatic rings. The number of likely N-dealkylation sites (N-methyl/N-ethyl adjacent to an activating group) is 1. The second kappa shape index (κ2) is 3.65. The third-order valence-electron chi connectivity index (χ3n) is 3.88. The van der Waals surface area contributed by atoms with Crippen molar-refractivity contribution in [2.45, 2.75) is 39.2 Å². The summed E-state index contributed by atoms with van der Waals surface area (Å²) in [5, 5.41) is 0. The second-order valence-electron chi connectivity index (χ2n) is 4.74. The molecule has 3 nitrogen and oxygen atoms in total. The summed E-state index contributed by atoms with van der Waals surface area (Å²) in [4.78, 5) is 14.1. The molecule has 16 heavy (non-hydrogen) atoms. The Hall–Kier alpha value is -1.25. The molecule has 1 aromatic heterocycles. The lowest BCUT2D eigenvalue weighted by Crippen LogP contribution is -2.37. The van der Waals surface area contributed by atoms with Gasteiger partial charge in [0.15, 0.2) is 0 Å². The van der Waals surface area contributed by atoms with Crippen LogP contribution in [-0.2, 0) is 19.4 Å². The molecule has 0 saturated carbocycles. The van der Waals surface area contributed by atoms with E-state index in [4.69, 9.17) is 0 Å². The number of hydrogen-bond acceptors (Lipinski definition) is 1. The monoisotopic (exact) mass is 218 g/mol. The van der Waals surface area contributed by atoms with Gasteiger partial charge in [-0.05, 0) is 32.3 Å². The van der Waals surface area contributed by atoms with Gasteiger partial charge in [0.1, 0.15) is 0 Å². The molecule has 86 valence electrons. The topological polar surface area (TPSA) is 25.2 Å². The normalized spacial score (nSPS) is 19.6. The van der Waals surface area contributed by atoms with Crippen LogP contribution < -0.4 is 0 Å². The molecular formula is C13H18N2O. The van der Waals surface area contributed by atoms with Crippen LogP contribution in [0.4, 0.5) is 0 Å². The molecule has 3 heteroatoms. The summed E-state index contributed by atoms with van der Waals surface area (Å²) < 4.78 is 2.39. The molecule has 0 aliphatic carbocycles. The van der Waals surface area contributed by atoms with Gasteiger partial charge < -0.3 is 9.47 Å². The highest BCUT2D eigenvalue weighted by molar-refractivity contribution is 5.96. The van der Waals surface area contributed by atoms with Crippen molar-refractivity contribution in [1.29, 1.82) is 0 Å². The molecule has 0 unspecified atom stereocenters. The van der Waals surface area contributed by atoms with E-state index in [-0.39, 0.29) is 5.91 Å². The molecule has 0 fully saturated rings. The maximum atomic E-state index is 12.2. The predicted molar refractivity (Wildman–Crippen MR) is 62.7 cm³/mol. The second-order valence-corrected chi connectivity index (χ2v) is 4.74. The van der Waals surface area contributed by atoms with Crippen molar-refractivity contribution in [3.8, 4) is 0 Å². The van der Waals surface area contributed by atoms with E-state index < -0.39 is 0 Å². The number of carbonyl (C=O) groups excluding carboxylic acids is 1. The summed E-state index contributed by atoms with van der Waals surface area (Å²) in [7, 11) is 0. The van der Waals surface area contributed by atoms with E-state index in [2.05, 4.69) is 17.6 Å². The minimum atomic E-state index is 0.241. The van der Waals surface area contributed by atoms with Gasteiger partial charge in [0.05, 0.1) is 5.56 Å². The first-order chi connectivity index (χ1) is 7.81. The SMILES string of the molecule is CCN1CCc2c(cc3n2CCCC3)C1=O. The highest BCUT2D eigenvalue weighted by Gasteiger charge is 2.28. The largest absolute Gasteiger partial charge is 0.348 e. The summed E-state index contributed by atoms with van der Waals surface area (Å²) in [5.74, 6) is 0.241. The molecule has 1 amide bonds. The van der Waals surface area contributed by atoms with E-state index in [0.717, 1.165) is 38.0 Å². The fraction of sp³-hybridized carbons (Fsp3) is 0.615. The van der Waals surface area contributed by atoms with Gasteiger partial charge in [-0.15, -0.1) is 0 Å². The maximum Gasteiger partial charge on any atom is 0.255 e. The summed E-state index contributed by atoms with van der Waals surface area (Å²) in [6.07, 6.45) is 4.72. The molecule has 0 bridgehead atoms. The lowest BCUT2D eigenvalue weighted by atomic mass is 10.1. The van der Waals surface area contributed by atoms with Crippen LogP contribution in [-0.4, -0.2) is 28.5 Å². The van der Waals surface area contributed by atoms with E-state index in [0.29, 0.717) is 0 Å². The van der Waals surface area contributed by atoms with Gasteiger partial charge in [0, 0.05) is 37.4 Å². The number of aryl methyl sites for hydroxylation is 1. The van der Waals surface area contributed by atoms with Crippen molar-refractivity contribution < 1.29 is 4.79 Å². The standard InChI is InChI=1S/C13H18N2O/c1-2-14-8-6-12-11(13(14)16)9-10-5-3-4-7-15(10)12/h9H,2-8H2,1H3. The van der Waals surface area contributed by atoms with Crippen molar-refractivity contribution >= 4 is 5.91 Å². The number of hydrogen-bond donors (Lipinski definition) is 0. The van der Waals surface area contributed by atoms with Crippen LogP contribution in [0.25, 0.3) is 0 Å². The molecule has 0 radical (unpaired) electrons. The van der Waals surface area contributed by atoms with Crippen molar-refractivity contribution in [2.75, 3.05) is 13.1 Å². The summed E-state index contributed by atoms with van der Waals surface area (Å²) in [6.45, 7) is 4.90. The van der Waals surface area contributed by atoms with Crippen LogP contribution in [0, 0.1) is 0 Å². The summed E-state index contributed by atoms with van der Waals surface area (Å²) >= 11 is 0. The number of aromatic nitrogens is 1. The number of rotatable bonds is 1.